The Labute approximate surface area is 113 Å². The molecule has 2 rings (SSSR count). The van der Waals surface area contributed by atoms with Gasteiger partial charge in [-0.15, -0.1) is 0 Å². The molecule has 0 unspecified atom stereocenters. The molecule has 1 N–H and O–H groups in total. The Morgan fingerprint density at radius 2 is 2.16 bits per heavy atom. The van der Waals surface area contributed by atoms with Crippen molar-refractivity contribution in [2.45, 2.75) is 26.9 Å². The molecular formula is C13H21N5O. The molecule has 0 aliphatic carbocycles. The van der Waals surface area contributed by atoms with Crippen LogP contribution in [-0.4, -0.2) is 33.3 Å². The van der Waals surface area contributed by atoms with Gasteiger partial charge in [-0.25, -0.2) is 0 Å². The Bertz CT molecular complexity index is 543. The summed E-state index contributed by atoms with van der Waals surface area (Å²) in [6.07, 6.45) is 3.82. The highest BCUT2D eigenvalue weighted by Gasteiger charge is 2.09. The van der Waals surface area contributed by atoms with Crippen LogP contribution in [0.1, 0.15) is 17.0 Å². The zero-order valence-corrected chi connectivity index (χ0v) is 12.0. The third-order valence-corrected chi connectivity index (χ3v) is 3.29. The summed E-state index contributed by atoms with van der Waals surface area (Å²) in [5, 5.41) is 12.1. The lowest BCUT2D eigenvalue weighted by Crippen LogP contribution is -2.04. The van der Waals surface area contributed by atoms with Crippen molar-refractivity contribution in [1.82, 2.24) is 19.6 Å². The molecule has 0 aliphatic heterocycles. The molecule has 0 aromatic carbocycles. The van der Waals surface area contributed by atoms with Gasteiger partial charge in [0, 0.05) is 38.2 Å². The van der Waals surface area contributed by atoms with Gasteiger partial charge in [-0.3, -0.25) is 9.36 Å². The molecule has 6 nitrogen and oxygen atoms in total. The fourth-order valence-corrected chi connectivity index (χ4v) is 2.03. The lowest BCUT2D eigenvalue weighted by atomic mass is 10.2. The molecule has 0 aliphatic rings. The van der Waals surface area contributed by atoms with Crippen molar-refractivity contribution in [2.24, 2.45) is 7.05 Å². The number of rotatable bonds is 6. The average molecular weight is 263 g/mol. The second kappa shape index (κ2) is 5.88. The molecule has 0 atom stereocenters. The van der Waals surface area contributed by atoms with Crippen molar-refractivity contribution in [1.29, 1.82) is 0 Å². The van der Waals surface area contributed by atoms with Crippen molar-refractivity contribution in [3.05, 3.63) is 29.3 Å². The van der Waals surface area contributed by atoms with Crippen LogP contribution < -0.4 is 5.32 Å². The molecule has 0 amide bonds. The first kappa shape index (κ1) is 13.6. The Kier molecular flexibility index (Phi) is 4.21. The zero-order chi connectivity index (χ0) is 13.8. The standard InChI is InChI=1S/C13H21N5O/c1-10-13(11(2)17(3)16-10)8-14-12-7-15-18(9-12)5-6-19-4/h7,9,14H,5-6,8H2,1-4H3. The highest BCUT2D eigenvalue weighted by Crippen LogP contribution is 2.14. The number of hydrogen-bond donors (Lipinski definition) is 1. The van der Waals surface area contributed by atoms with Gasteiger partial charge in [-0.05, 0) is 13.8 Å². The van der Waals surface area contributed by atoms with Gasteiger partial charge in [-0.1, -0.05) is 0 Å². The molecule has 0 spiro atoms. The molecule has 104 valence electrons. The summed E-state index contributed by atoms with van der Waals surface area (Å²) >= 11 is 0. The summed E-state index contributed by atoms with van der Waals surface area (Å²) in [5.74, 6) is 0. The van der Waals surface area contributed by atoms with Gasteiger partial charge in [0.05, 0.1) is 30.7 Å². The third-order valence-electron chi connectivity index (χ3n) is 3.29. The molecule has 19 heavy (non-hydrogen) atoms. The van der Waals surface area contributed by atoms with Crippen LogP contribution in [0.3, 0.4) is 0 Å². The van der Waals surface area contributed by atoms with E-state index in [1.165, 1.54) is 11.3 Å². The number of nitrogens with one attached hydrogen (secondary N) is 1. The van der Waals surface area contributed by atoms with Crippen LogP contribution in [-0.2, 0) is 24.9 Å². The summed E-state index contributed by atoms with van der Waals surface area (Å²) in [6.45, 7) is 6.32. The van der Waals surface area contributed by atoms with E-state index in [9.17, 15) is 0 Å². The van der Waals surface area contributed by atoms with Crippen LogP contribution in [0.4, 0.5) is 5.69 Å². The van der Waals surface area contributed by atoms with Crippen LogP contribution in [0.2, 0.25) is 0 Å². The van der Waals surface area contributed by atoms with E-state index in [0.29, 0.717) is 6.61 Å². The Hall–Kier alpha value is -1.82. The van der Waals surface area contributed by atoms with E-state index in [-0.39, 0.29) is 0 Å². The van der Waals surface area contributed by atoms with Gasteiger partial charge in [0.2, 0.25) is 0 Å². The molecule has 0 saturated carbocycles. The normalized spacial score (nSPS) is 10.9. The number of aryl methyl sites for hydroxylation is 2. The summed E-state index contributed by atoms with van der Waals surface area (Å²) in [6, 6.07) is 0. The van der Waals surface area contributed by atoms with E-state index < -0.39 is 0 Å². The first-order valence-electron chi connectivity index (χ1n) is 6.36. The van der Waals surface area contributed by atoms with Gasteiger partial charge in [0.25, 0.3) is 0 Å². The topological polar surface area (TPSA) is 56.9 Å². The third kappa shape index (κ3) is 3.14. The van der Waals surface area contributed by atoms with E-state index in [4.69, 9.17) is 4.74 Å². The van der Waals surface area contributed by atoms with Crippen molar-refractivity contribution in [3.63, 3.8) is 0 Å². The molecule has 2 heterocycles. The highest BCUT2D eigenvalue weighted by molar-refractivity contribution is 5.40. The second-order valence-electron chi connectivity index (χ2n) is 4.61. The van der Waals surface area contributed by atoms with Crippen LogP contribution in [0.5, 0.6) is 0 Å². The number of hydrogen-bond acceptors (Lipinski definition) is 4. The monoisotopic (exact) mass is 263 g/mol. The summed E-state index contributed by atoms with van der Waals surface area (Å²) in [4.78, 5) is 0. The van der Waals surface area contributed by atoms with Gasteiger partial charge in [-0.2, -0.15) is 10.2 Å². The molecule has 0 fully saturated rings. The van der Waals surface area contributed by atoms with E-state index in [2.05, 4.69) is 22.4 Å². The summed E-state index contributed by atoms with van der Waals surface area (Å²) in [5.41, 5.74) is 4.52. The van der Waals surface area contributed by atoms with Crippen molar-refractivity contribution in [2.75, 3.05) is 19.0 Å². The quantitative estimate of drug-likeness (QED) is 0.858. The lowest BCUT2D eigenvalue weighted by Gasteiger charge is -2.04. The first-order valence-corrected chi connectivity index (χ1v) is 6.36. The highest BCUT2D eigenvalue weighted by atomic mass is 16.5. The van der Waals surface area contributed by atoms with Gasteiger partial charge in [0.1, 0.15) is 0 Å². The second-order valence-corrected chi connectivity index (χ2v) is 4.61. The Morgan fingerprint density at radius 3 is 2.79 bits per heavy atom. The molecule has 0 saturated heterocycles. The Balaban J connectivity index is 1.96. The smallest absolute Gasteiger partial charge is 0.0729 e. The minimum absolute atomic E-state index is 0.669. The van der Waals surface area contributed by atoms with Gasteiger partial charge in [0.15, 0.2) is 0 Å². The Morgan fingerprint density at radius 1 is 1.37 bits per heavy atom. The molecular weight excluding hydrogens is 242 g/mol. The van der Waals surface area contributed by atoms with E-state index in [1.807, 2.05) is 35.7 Å². The fourth-order valence-electron chi connectivity index (χ4n) is 2.03. The van der Waals surface area contributed by atoms with Crippen LogP contribution in [0, 0.1) is 13.8 Å². The van der Waals surface area contributed by atoms with E-state index in [0.717, 1.165) is 24.5 Å². The van der Waals surface area contributed by atoms with Gasteiger partial charge < -0.3 is 10.1 Å². The molecule has 6 heteroatoms. The van der Waals surface area contributed by atoms with Crippen LogP contribution in [0.15, 0.2) is 12.4 Å². The summed E-state index contributed by atoms with van der Waals surface area (Å²) in [7, 11) is 3.66. The maximum Gasteiger partial charge on any atom is 0.0729 e. The van der Waals surface area contributed by atoms with Crippen molar-refractivity contribution in [3.8, 4) is 0 Å². The van der Waals surface area contributed by atoms with Crippen molar-refractivity contribution < 1.29 is 4.74 Å². The van der Waals surface area contributed by atoms with Crippen LogP contribution >= 0.6 is 0 Å². The zero-order valence-electron chi connectivity index (χ0n) is 12.0. The molecule has 2 aromatic rings. The van der Waals surface area contributed by atoms with E-state index >= 15 is 0 Å². The molecule has 0 radical (unpaired) electrons. The van der Waals surface area contributed by atoms with E-state index in [1.54, 1.807) is 7.11 Å². The molecule has 0 bridgehead atoms. The minimum atomic E-state index is 0.669. The maximum atomic E-state index is 5.03. The minimum Gasteiger partial charge on any atom is -0.383 e. The molecule has 2 aromatic heterocycles. The number of aromatic nitrogens is 4. The first-order chi connectivity index (χ1) is 9.11. The predicted molar refractivity (Wildman–Crippen MR) is 74.1 cm³/mol. The summed E-state index contributed by atoms with van der Waals surface area (Å²) < 4.78 is 8.81. The lowest BCUT2D eigenvalue weighted by molar-refractivity contribution is 0.183. The fraction of sp³-hybridized carbons (Fsp3) is 0.538. The SMILES string of the molecule is COCCn1cc(NCc2c(C)nn(C)c2C)cn1. The number of anilines is 1. The number of methoxy groups -OCH3 is 1. The predicted octanol–water partition coefficient (Wildman–Crippen LogP) is 1.49. The van der Waals surface area contributed by atoms with Gasteiger partial charge >= 0.3 is 0 Å². The maximum absolute atomic E-state index is 5.03. The van der Waals surface area contributed by atoms with Crippen molar-refractivity contribution >= 4 is 5.69 Å². The largest absolute Gasteiger partial charge is 0.383 e. The number of ether oxygens (including phenoxy) is 1. The average Bonchev–Trinajstić information content (AvgIpc) is 2.92. The van der Waals surface area contributed by atoms with Crippen LogP contribution in [0.25, 0.3) is 0 Å². The number of nitrogens with zero attached hydrogens (tertiary/aromatic N) is 4.